The van der Waals surface area contributed by atoms with Gasteiger partial charge in [0.15, 0.2) is 0 Å². The van der Waals surface area contributed by atoms with Gasteiger partial charge in [0.1, 0.15) is 23.3 Å². The molecule has 25 nitrogen and oxygen atoms in total. The van der Waals surface area contributed by atoms with Gasteiger partial charge in [0, 0.05) is 120 Å². The minimum atomic E-state index is -0.0675. The van der Waals surface area contributed by atoms with Crippen molar-refractivity contribution in [2.24, 2.45) is 5.73 Å². The van der Waals surface area contributed by atoms with Crippen LogP contribution in [-0.2, 0) is 43.4 Å². The quantitative estimate of drug-likeness (QED) is 0.0613. The van der Waals surface area contributed by atoms with Crippen LogP contribution in [-0.4, -0.2) is 130 Å². The van der Waals surface area contributed by atoms with E-state index in [4.69, 9.17) is 47.6 Å². The highest BCUT2D eigenvalue weighted by Crippen LogP contribution is 2.36. The number of aliphatic hydroxyl groups excluding tert-OH is 1. The van der Waals surface area contributed by atoms with E-state index in [9.17, 15) is 15.2 Å². The molecule has 4 fully saturated rings. The van der Waals surface area contributed by atoms with Gasteiger partial charge in [0.25, 0.3) is 0 Å². The van der Waals surface area contributed by atoms with Gasteiger partial charge < -0.3 is 77.6 Å². The smallest absolute Gasteiger partial charge is 0.222 e. The van der Waals surface area contributed by atoms with Crippen LogP contribution in [0.25, 0.3) is 0 Å². The number of carbonyl (C=O) groups is 1. The SMILES string of the molecule is CC(=O)NCc1ccccc1C1COCCCN1c1cc(C)nc(N)n1.Cc1cc(N2CCCOCC2c2ccccc2C#N)nc(N)n1.Cc1cc(N2CCCOCC2c2ccccc2CN)nc(N)n1.Cc1cc(N2CCCOCC2c2ccccc2CO)nc(N)n1. The normalized spacial score (nSPS) is 18.3. The molecule has 12 N–H and O–H groups in total. The van der Waals surface area contributed by atoms with E-state index in [1.807, 2.05) is 131 Å². The zero-order valence-electron chi connectivity index (χ0n) is 55.0. The number of ether oxygens (including phenoxy) is 4. The number of rotatable bonds is 12. The molecule has 4 atom stereocenters. The molecule has 0 saturated carbocycles. The number of nitrogens with two attached hydrogens (primary N) is 5. The van der Waals surface area contributed by atoms with Crippen molar-refractivity contribution in [3.05, 3.63) is 189 Å². The Bertz CT molecular complexity index is 3660. The molecular formula is C70H89N19O6. The number of aromatic nitrogens is 8. The topological polar surface area (TPSA) is 356 Å². The molecule has 0 aliphatic carbocycles. The van der Waals surface area contributed by atoms with Crippen LogP contribution in [0.2, 0.25) is 0 Å². The highest BCUT2D eigenvalue weighted by atomic mass is 16.5. The number of nitriles is 1. The molecule has 8 aromatic rings. The van der Waals surface area contributed by atoms with Gasteiger partial charge in [0.05, 0.1) is 68.8 Å². The van der Waals surface area contributed by atoms with Crippen LogP contribution in [0.4, 0.5) is 47.1 Å². The van der Waals surface area contributed by atoms with Crippen LogP contribution in [0.1, 0.15) is 124 Å². The number of nitrogens with zero attached hydrogens (tertiary/aromatic N) is 13. The molecule has 95 heavy (non-hydrogen) atoms. The molecule has 0 radical (unpaired) electrons. The number of hydrogen-bond donors (Lipinski definition) is 7. The molecule has 0 bridgehead atoms. The molecule has 1 amide bonds. The van der Waals surface area contributed by atoms with Crippen LogP contribution >= 0.6 is 0 Å². The largest absolute Gasteiger partial charge is 0.392 e. The Morgan fingerprint density at radius 1 is 0.484 bits per heavy atom. The summed E-state index contributed by atoms with van der Waals surface area (Å²) in [7, 11) is 0. The lowest BCUT2D eigenvalue weighted by atomic mass is 9.99. The Morgan fingerprint density at radius 2 is 0.789 bits per heavy atom. The third-order valence-electron chi connectivity index (χ3n) is 16.6. The molecule has 8 heterocycles. The van der Waals surface area contributed by atoms with E-state index in [0.29, 0.717) is 70.8 Å². The lowest BCUT2D eigenvalue weighted by molar-refractivity contribution is -0.119. The average Bonchev–Trinajstić information content (AvgIpc) is 1.81. The molecular weight excluding hydrogens is 1200 g/mol. The van der Waals surface area contributed by atoms with E-state index in [0.717, 1.165) is 138 Å². The van der Waals surface area contributed by atoms with E-state index < -0.39 is 0 Å². The summed E-state index contributed by atoms with van der Waals surface area (Å²) in [5.41, 5.74) is 40.7. The number of benzene rings is 4. The Balaban J connectivity index is 0.000000149. The predicted molar refractivity (Wildman–Crippen MR) is 369 cm³/mol. The standard InChI is InChI=1S/C19H25N5O2.C17H23N5O.C17H19N5O.C17H22N4O2/c1-13-10-18(23-19(20)22-13)24-8-5-9-26-12-17(24)16-7-4-3-6-15(16)11-21-14(2)25;2*1-12-9-16(21-17(19)20-12)22-7-4-8-23-11-15(22)14-6-3-2-5-13(14)10-18;1-12-9-16(20-17(18)19-12)21-7-4-8-23-11-15(21)14-6-3-2-5-13(14)10-22/h3-4,6-7,10,17H,5,8-9,11-12H2,1-2H3,(H,21,25)(H2,20,22,23);2-3,5-6,9,15H,4,7-8,10-11,18H2,1H3,(H2,19,20,21);2-3,5-6,9,15H,4,7-8,11H2,1H3,(H2,19,20,21);2-3,5-6,9,15,22H,4,7-8,10-11H2,1H3,(H2,18,19,20). The summed E-state index contributed by atoms with van der Waals surface area (Å²) in [6.07, 6.45) is 3.67. The highest BCUT2D eigenvalue weighted by molar-refractivity contribution is 5.73. The maximum Gasteiger partial charge on any atom is 0.222 e. The molecule has 4 aromatic carbocycles. The summed E-state index contributed by atoms with van der Waals surface area (Å²) in [5, 5.41) is 22.0. The van der Waals surface area contributed by atoms with Gasteiger partial charge in [-0.1, -0.05) is 91.0 Å². The molecule has 0 spiro atoms. The number of nitrogens with one attached hydrogen (secondary N) is 1. The van der Waals surface area contributed by atoms with Crippen molar-refractivity contribution >= 4 is 53.0 Å². The van der Waals surface area contributed by atoms with Gasteiger partial charge >= 0.3 is 0 Å². The molecule has 4 aliphatic heterocycles. The lowest BCUT2D eigenvalue weighted by Crippen LogP contribution is -2.33. The number of aryl methyl sites for hydroxylation is 4. The average molecular weight is 1290 g/mol. The van der Waals surface area contributed by atoms with Crippen LogP contribution in [0, 0.1) is 39.0 Å². The van der Waals surface area contributed by atoms with Gasteiger partial charge in [-0.2, -0.15) is 25.2 Å². The second-order valence-electron chi connectivity index (χ2n) is 23.5. The molecule has 4 saturated heterocycles. The lowest BCUT2D eigenvalue weighted by Gasteiger charge is -2.32. The van der Waals surface area contributed by atoms with Gasteiger partial charge in [-0.05, 0) is 98.4 Å². The van der Waals surface area contributed by atoms with E-state index in [-0.39, 0.29) is 54.5 Å². The molecule has 25 heteroatoms. The van der Waals surface area contributed by atoms with E-state index in [2.05, 4.69) is 89.1 Å². The van der Waals surface area contributed by atoms with E-state index in [1.54, 1.807) is 0 Å². The molecule has 12 rings (SSSR count). The third-order valence-corrected chi connectivity index (χ3v) is 16.6. The molecule has 4 aromatic heterocycles. The first-order valence-corrected chi connectivity index (χ1v) is 32.2. The predicted octanol–water partition coefficient (Wildman–Crippen LogP) is 7.80. The number of anilines is 8. The van der Waals surface area contributed by atoms with Crippen molar-refractivity contribution in [3.8, 4) is 6.07 Å². The third kappa shape index (κ3) is 19.0. The van der Waals surface area contributed by atoms with Crippen molar-refractivity contribution in [2.75, 3.05) is 122 Å². The Morgan fingerprint density at radius 3 is 1.13 bits per heavy atom. The van der Waals surface area contributed by atoms with Gasteiger partial charge in [-0.3, -0.25) is 4.79 Å². The number of nitrogen functional groups attached to an aromatic ring is 4. The fourth-order valence-electron chi connectivity index (χ4n) is 12.3. The fraction of sp³-hybridized carbons (Fsp3) is 0.400. The Kier molecular flexibility index (Phi) is 25.3. The summed E-state index contributed by atoms with van der Waals surface area (Å²) in [4.78, 5) is 54.5. The Hall–Kier alpha value is -9.68. The second kappa shape index (κ2) is 34.5. The van der Waals surface area contributed by atoms with Crippen molar-refractivity contribution in [1.82, 2.24) is 45.2 Å². The van der Waals surface area contributed by atoms with Crippen LogP contribution in [0.15, 0.2) is 121 Å². The van der Waals surface area contributed by atoms with Crippen LogP contribution in [0.3, 0.4) is 0 Å². The highest BCUT2D eigenvalue weighted by Gasteiger charge is 2.31. The Labute approximate surface area is 556 Å². The first-order valence-electron chi connectivity index (χ1n) is 32.2. The van der Waals surface area contributed by atoms with Crippen molar-refractivity contribution in [1.29, 1.82) is 5.26 Å². The number of amides is 1. The zero-order valence-corrected chi connectivity index (χ0v) is 55.0. The summed E-state index contributed by atoms with van der Waals surface area (Å²) >= 11 is 0. The monoisotopic (exact) mass is 1290 g/mol. The first-order chi connectivity index (χ1) is 46.1. The zero-order chi connectivity index (χ0) is 67.2. The van der Waals surface area contributed by atoms with E-state index >= 15 is 0 Å². The molecule has 500 valence electrons. The fourth-order valence-corrected chi connectivity index (χ4v) is 12.3. The summed E-state index contributed by atoms with van der Waals surface area (Å²) < 4.78 is 23.2. The minimum Gasteiger partial charge on any atom is -0.392 e. The van der Waals surface area contributed by atoms with Crippen LogP contribution in [0.5, 0.6) is 0 Å². The van der Waals surface area contributed by atoms with Gasteiger partial charge in [-0.15, -0.1) is 0 Å². The van der Waals surface area contributed by atoms with Gasteiger partial charge in [-0.25, -0.2) is 19.9 Å². The number of carbonyl (C=O) groups excluding carboxylic acids is 1. The molecule has 4 unspecified atom stereocenters. The van der Waals surface area contributed by atoms with Crippen LogP contribution < -0.4 is 53.6 Å². The van der Waals surface area contributed by atoms with E-state index in [1.165, 1.54) is 12.5 Å². The van der Waals surface area contributed by atoms with Crippen molar-refractivity contribution < 1.29 is 28.8 Å². The number of aliphatic hydroxyl groups is 1. The summed E-state index contributed by atoms with van der Waals surface area (Å²) in [5.74, 6) is 4.30. The maximum absolute atomic E-state index is 11.3. The minimum absolute atomic E-state index is 0.00356. The number of hydrogen-bond acceptors (Lipinski definition) is 24. The maximum atomic E-state index is 11.3. The summed E-state index contributed by atoms with van der Waals surface area (Å²) in [6.45, 7) is 18.6. The first kappa shape index (κ1) is 69.7. The summed E-state index contributed by atoms with van der Waals surface area (Å²) in [6, 6.07) is 41.9. The van der Waals surface area contributed by atoms with Crippen molar-refractivity contribution in [3.63, 3.8) is 0 Å². The van der Waals surface area contributed by atoms with Gasteiger partial charge in [0.2, 0.25) is 29.7 Å². The molecule has 4 aliphatic rings. The second-order valence-corrected chi connectivity index (χ2v) is 23.5. The van der Waals surface area contributed by atoms with Crippen molar-refractivity contribution in [2.45, 2.75) is 104 Å².